The van der Waals surface area contributed by atoms with Gasteiger partial charge in [-0.1, -0.05) is 30.3 Å². The van der Waals surface area contributed by atoms with Gasteiger partial charge in [-0.25, -0.2) is 0 Å². The fourth-order valence-corrected chi connectivity index (χ4v) is 4.55. The van der Waals surface area contributed by atoms with E-state index >= 15 is 0 Å². The first-order valence-electron chi connectivity index (χ1n) is 10.6. The van der Waals surface area contributed by atoms with Crippen LogP contribution in [0.5, 0.6) is 0 Å². The van der Waals surface area contributed by atoms with Crippen LogP contribution in [0.3, 0.4) is 0 Å². The van der Waals surface area contributed by atoms with E-state index in [-0.39, 0.29) is 17.7 Å². The van der Waals surface area contributed by atoms with Gasteiger partial charge in [-0.3, -0.25) is 14.5 Å². The molecular formula is C22H31N3O3. The lowest BCUT2D eigenvalue weighted by atomic mass is 10.1. The van der Waals surface area contributed by atoms with E-state index in [9.17, 15) is 9.59 Å². The molecule has 1 aromatic carbocycles. The van der Waals surface area contributed by atoms with Gasteiger partial charge in [0.1, 0.15) is 0 Å². The Labute approximate surface area is 167 Å². The Morgan fingerprint density at radius 1 is 1.11 bits per heavy atom. The molecule has 1 aromatic rings. The van der Waals surface area contributed by atoms with Gasteiger partial charge in [0.2, 0.25) is 11.8 Å². The van der Waals surface area contributed by atoms with Crippen molar-refractivity contribution in [1.82, 2.24) is 14.7 Å². The second-order valence-electron chi connectivity index (χ2n) is 8.24. The maximum absolute atomic E-state index is 12.9. The van der Waals surface area contributed by atoms with E-state index in [2.05, 4.69) is 17.0 Å². The largest absolute Gasteiger partial charge is 0.377 e. The lowest BCUT2D eigenvalue weighted by molar-refractivity contribution is -0.137. The number of ether oxygens (including phenoxy) is 1. The number of benzene rings is 1. The number of carbonyl (C=O) groups is 2. The number of carbonyl (C=O) groups excluding carboxylic acids is 2. The minimum absolute atomic E-state index is 0.117. The molecule has 4 rings (SSSR count). The topological polar surface area (TPSA) is 53.1 Å². The van der Waals surface area contributed by atoms with Gasteiger partial charge < -0.3 is 14.5 Å². The third kappa shape index (κ3) is 4.73. The highest BCUT2D eigenvalue weighted by Crippen LogP contribution is 2.22. The molecule has 0 spiro atoms. The quantitative estimate of drug-likeness (QED) is 0.743. The number of likely N-dealkylation sites (tertiary alicyclic amines) is 1. The highest BCUT2D eigenvalue weighted by molar-refractivity contribution is 5.89. The van der Waals surface area contributed by atoms with Crippen LogP contribution in [0.25, 0.3) is 0 Å². The van der Waals surface area contributed by atoms with E-state index in [4.69, 9.17) is 4.74 Å². The number of amides is 2. The van der Waals surface area contributed by atoms with Gasteiger partial charge in [-0.05, 0) is 24.8 Å². The summed E-state index contributed by atoms with van der Waals surface area (Å²) in [6, 6.07) is 10.2. The fraction of sp³-hybridized carbons (Fsp3) is 0.636. The summed E-state index contributed by atoms with van der Waals surface area (Å²) in [4.78, 5) is 31.5. The van der Waals surface area contributed by atoms with E-state index in [1.54, 1.807) is 0 Å². The minimum atomic E-state index is -0.173. The predicted molar refractivity (Wildman–Crippen MR) is 107 cm³/mol. The summed E-state index contributed by atoms with van der Waals surface area (Å²) in [5, 5.41) is 0. The Hall–Kier alpha value is -1.92. The van der Waals surface area contributed by atoms with Crippen LogP contribution in [-0.2, 0) is 20.7 Å². The highest BCUT2D eigenvalue weighted by atomic mass is 16.5. The van der Waals surface area contributed by atoms with Gasteiger partial charge in [0.05, 0.1) is 12.0 Å². The highest BCUT2D eigenvalue weighted by Gasteiger charge is 2.37. The number of nitrogens with zero attached hydrogens (tertiary/aromatic N) is 3. The average Bonchev–Trinajstić information content (AvgIpc) is 3.37. The van der Waals surface area contributed by atoms with Crippen molar-refractivity contribution in [2.24, 2.45) is 5.92 Å². The van der Waals surface area contributed by atoms with Crippen LogP contribution in [0.4, 0.5) is 0 Å². The van der Waals surface area contributed by atoms with Crippen molar-refractivity contribution in [2.75, 3.05) is 52.4 Å². The predicted octanol–water partition coefficient (Wildman–Crippen LogP) is 1.40. The smallest absolute Gasteiger partial charge is 0.228 e. The Morgan fingerprint density at radius 2 is 1.89 bits per heavy atom. The van der Waals surface area contributed by atoms with Crippen molar-refractivity contribution < 1.29 is 14.3 Å². The van der Waals surface area contributed by atoms with Crippen LogP contribution in [0.15, 0.2) is 30.3 Å². The molecule has 3 aliphatic heterocycles. The molecule has 28 heavy (non-hydrogen) atoms. The maximum Gasteiger partial charge on any atom is 0.228 e. The van der Waals surface area contributed by atoms with Crippen molar-refractivity contribution in [3.63, 3.8) is 0 Å². The summed E-state index contributed by atoms with van der Waals surface area (Å²) < 4.78 is 5.72. The fourth-order valence-electron chi connectivity index (χ4n) is 4.55. The van der Waals surface area contributed by atoms with Crippen LogP contribution in [0, 0.1) is 5.92 Å². The van der Waals surface area contributed by atoms with Crippen molar-refractivity contribution in [1.29, 1.82) is 0 Å². The van der Waals surface area contributed by atoms with Crippen molar-refractivity contribution >= 4 is 11.8 Å². The lowest BCUT2D eigenvalue weighted by Gasteiger charge is -2.36. The number of hydrogen-bond donors (Lipinski definition) is 0. The SMILES string of the molecule is O=C1CC(C(=O)N2CCN(CC3CCCO3)CC2)CN1CCc1ccccc1. The van der Waals surface area contributed by atoms with Crippen molar-refractivity contribution in [3.05, 3.63) is 35.9 Å². The van der Waals surface area contributed by atoms with Crippen LogP contribution < -0.4 is 0 Å². The molecule has 0 saturated carbocycles. The number of hydrogen-bond acceptors (Lipinski definition) is 4. The number of piperazine rings is 1. The molecule has 3 saturated heterocycles. The molecule has 0 aromatic heterocycles. The molecule has 2 amide bonds. The second kappa shape index (κ2) is 9.05. The molecule has 6 heteroatoms. The molecular weight excluding hydrogens is 354 g/mol. The van der Waals surface area contributed by atoms with Gasteiger partial charge in [0, 0.05) is 58.8 Å². The molecule has 0 radical (unpaired) electrons. The summed E-state index contributed by atoms with van der Waals surface area (Å²) in [6.45, 7) is 6.48. The van der Waals surface area contributed by atoms with Crippen LogP contribution in [-0.4, -0.2) is 85.0 Å². The molecule has 6 nitrogen and oxygen atoms in total. The Bertz CT molecular complexity index is 667. The maximum atomic E-state index is 12.9. The summed E-state index contributed by atoms with van der Waals surface area (Å²) in [5.41, 5.74) is 1.23. The normalized spacial score (nSPS) is 26.2. The zero-order valence-electron chi connectivity index (χ0n) is 16.6. The van der Waals surface area contributed by atoms with E-state index < -0.39 is 0 Å². The second-order valence-corrected chi connectivity index (χ2v) is 8.24. The van der Waals surface area contributed by atoms with E-state index in [0.717, 1.165) is 52.2 Å². The van der Waals surface area contributed by atoms with Crippen LogP contribution in [0.2, 0.25) is 0 Å². The molecule has 3 aliphatic rings. The van der Waals surface area contributed by atoms with Gasteiger partial charge in [-0.15, -0.1) is 0 Å². The zero-order valence-corrected chi connectivity index (χ0v) is 16.6. The summed E-state index contributed by atoms with van der Waals surface area (Å²) in [5.74, 6) is 0.103. The Kier molecular flexibility index (Phi) is 6.27. The molecule has 0 N–H and O–H groups in total. The average molecular weight is 386 g/mol. The van der Waals surface area contributed by atoms with E-state index in [1.165, 1.54) is 12.0 Å². The first-order valence-corrected chi connectivity index (χ1v) is 10.6. The van der Waals surface area contributed by atoms with Gasteiger partial charge in [0.25, 0.3) is 0 Å². The monoisotopic (exact) mass is 385 g/mol. The standard InChI is InChI=1S/C22H31N3O3/c26-21-15-19(16-25(21)9-8-18-5-2-1-3-6-18)22(27)24-12-10-23(11-13-24)17-20-7-4-14-28-20/h1-3,5-6,19-20H,4,7-17H2. The summed E-state index contributed by atoms with van der Waals surface area (Å²) in [7, 11) is 0. The summed E-state index contributed by atoms with van der Waals surface area (Å²) in [6.07, 6.45) is 3.90. The molecule has 152 valence electrons. The number of rotatable bonds is 6. The van der Waals surface area contributed by atoms with Crippen molar-refractivity contribution in [2.45, 2.75) is 31.8 Å². The minimum Gasteiger partial charge on any atom is -0.377 e. The van der Waals surface area contributed by atoms with Gasteiger partial charge >= 0.3 is 0 Å². The van der Waals surface area contributed by atoms with Gasteiger partial charge in [-0.2, -0.15) is 0 Å². The van der Waals surface area contributed by atoms with Crippen LogP contribution in [0.1, 0.15) is 24.8 Å². The zero-order chi connectivity index (χ0) is 19.3. The molecule has 2 unspecified atom stereocenters. The van der Waals surface area contributed by atoms with Crippen LogP contribution >= 0.6 is 0 Å². The molecule has 0 bridgehead atoms. The van der Waals surface area contributed by atoms with Crippen molar-refractivity contribution in [3.8, 4) is 0 Å². The Morgan fingerprint density at radius 3 is 2.61 bits per heavy atom. The lowest BCUT2D eigenvalue weighted by Crippen LogP contribution is -2.52. The molecule has 0 aliphatic carbocycles. The van der Waals surface area contributed by atoms with E-state index in [1.807, 2.05) is 28.0 Å². The third-order valence-corrected chi connectivity index (χ3v) is 6.25. The summed E-state index contributed by atoms with van der Waals surface area (Å²) >= 11 is 0. The first kappa shape index (κ1) is 19.4. The first-order chi connectivity index (χ1) is 13.7. The Balaban J connectivity index is 1.22. The molecule has 3 fully saturated rings. The third-order valence-electron chi connectivity index (χ3n) is 6.25. The van der Waals surface area contributed by atoms with E-state index in [0.29, 0.717) is 25.6 Å². The van der Waals surface area contributed by atoms with Gasteiger partial charge in [0.15, 0.2) is 0 Å². The molecule has 3 heterocycles. The molecule has 2 atom stereocenters.